The Bertz CT molecular complexity index is 197. The molecule has 2 aliphatic heterocycles. The van der Waals surface area contributed by atoms with Crippen LogP contribution in [0.25, 0.3) is 0 Å². The van der Waals surface area contributed by atoms with Crippen LogP contribution in [0.5, 0.6) is 0 Å². The van der Waals surface area contributed by atoms with Crippen LogP contribution < -0.4 is 5.32 Å². The first kappa shape index (κ1) is 10.3. The molecule has 1 N–H and O–H groups in total. The van der Waals surface area contributed by atoms with E-state index in [1.807, 2.05) is 0 Å². The highest BCUT2D eigenvalue weighted by atomic mass is 32.2. The lowest BCUT2D eigenvalue weighted by molar-refractivity contribution is 0.587. The van der Waals surface area contributed by atoms with E-state index in [4.69, 9.17) is 0 Å². The van der Waals surface area contributed by atoms with E-state index in [1.165, 1.54) is 55.9 Å². The standard InChI is InChI=1S/C11H20N2S/c1-2-6-11(12-7-3-1)13-10-5-4-8-14-9-10/h10H,1-9H2,(H,12,13). The van der Waals surface area contributed by atoms with Gasteiger partial charge in [-0.2, -0.15) is 11.8 Å². The zero-order valence-electron chi connectivity index (χ0n) is 8.80. The molecule has 80 valence electrons. The maximum atomic E-state index is 4.61. The number of rotatable bonds is 1. The Morgan fingerprint density at radius 1 is 1.21 bits per heavy atom. The molecule has 1 atom stereocenters. The van der Waals surface area contributed by atoms with E-state index >= 15 is 0 Å². The van der Waals surface area contributed by atoms with Crippen LogP contribution in [0.3, 0.4) is 0 Å². The minimum atomic E-state index is 0.700. The number of thioether (sulfide) groups is 1. The van der Waals surface area contributed by atoms with Crippen molar-refractivity contribution in [3.05, 3.63) is 0 Å². The Kier molecular flexibility index (Phi) is 4.17. The third-order valence-electron chi connectivity index (χ3n) is 2.91. The van der Waals surface area contributed by atoms with Crippen molar-refractivity contribution in [2.75, 3.05) is 18.1 Å². The zero-order valence-corrected chi connectivity index (χ0v) is 9.61. The fraction of sp³-hybridized carbons (Fsp3) is 0.909. The van der Waals surface area contributed by atoms with Gasteiger partial charge in [-0.15, -0.1) is 0 Å². The number of nitrogens with one attached hydrogen (secondary N) is 1. The molecule has 0 spiro atoms. The molecular formula is C11H20N2S. The zero-order chi connectivity index (χ0) is 9.64. The number of aliphatic imine (C=N–C) groups is 1. The molecular weight excluding hydrogens is 192 g/mol. The summed E-state index contributed by atoms with van der Waals surface area (Å²) in [5, 5.41) is 3.63. The molecule has 0 aromatic heterocycles. The normalized spacial score (nSPS) is 29.1. The lowest BCUT2D eigenvalue weighted by atomic mass is 10.1. The van der Waals surface area contributed by atoms with E-state index in [-0.39, 0.29) is 0 Å². The van der Waals surface area contributed by atoms with Crippen LogP contribution >= 0.6 is 11.8 Å². The Hall–Kier alpha value is -0.180. The number of hydrogen-bond donors (Lipinski definition) is 1. The van der Waals surface area contributed by atoms with Crippen molar-refractivity contribution in [2.24, 2.45) is 4.99 Å². The Labute approximate surface area is 90.9 Å². The highest BCUT2D eigenvalue weighted by molar-refractivity contribution is 7.99. The molecule has 2 nitrogen and oxygen atoms in total. The summed E-state index contributed by atoms with van der Waals surface area (Å²) in [6.45, 7) is 1.04. The van der Waals surface area contributed by atoms with Gasteiger partial charge in [0.25, 0.3) is 0 Å². The van der Waals surface area contributed by atoms with Gasteiger partial charge in [-0.1, -0.05) is 6.42 Å². The van der Waals surface area contributed by atoms with E-state index in [2.05, 4.69) is 22.1 Å². The molecule has 1 unspecified atom stereocenters. The number of hydrogen-bond acceptors (Lipinski definition) is 3. The summed E-state index contributed by atoms with van der Waals surface area (Å²) in [6.07, 6.45) is 7.85. The van der Waals surface area contributed by atoms with Crippen molar-refractivity contribution < 1.29 is 0 Å². The van der Waals surface area contributed by atoms with Crippen molar-refractivity contribution in [1.29, 1.82) is 0 Å². The van der Waals surface area contributed by atoms with Crippen molar-refractivity contribution in [2.45, 2.75) is 44.6 Å². The minimum absolute atomic E-state index is 0.700. The molecule has 3 heteroatoms. The van der Waals surface area contributed by atoms with E-state index in [1.54, 1.807) is 0 Å². The summed E-state index contributed by atoms with van der Waals surface area (Å²) in [4.78, 5) is 4.61. The van der Waals surface area contributed by atoms with Crippen LogP contribution in [0.2, 0.25) is 0 Å². The average molecular weight is 212 g/mol. The first-order chi connectivity index (χ1) is 6.95. The second-order valence-electron chi connectivity index (χ2n) is 4.20. The summed E-state index contributed by atoms with van der Waals surface area (Å²) in [7, 11) is 0. The van der Waals surface area contributed by atoms with Crippen LogP contribution in [0.4, 0.5) is 0 Å². The van der Waals surface area contributed by atoms with Gasteiger partial charge in [-0.3, -0.25) is 4.99 Å². The molecule has 14 heavy (non-hydrogen) atoms. The predicted molar refractivity (Wildman–Crippen MR) is 64.3 cm³/mol. The highest BCUT2D eigenvalue weighted by Gasteiger charge is 2.15. The van der Waals surface area contributed by atoms with E-state index in [0.717, 1.165) is 6.54 Å². The molecule has 2 aliphatic rings. The van der Waals surface area contributed by atoms with Crippen LogP contribution in [0.1, 0.15) is 38.5 Å². The summed E-state index contributed by atoms with van der Waals surface area (Å²) >= 11 is 2.08. The minimum Gasteiger partial charge on any atom is -0.370 e. The third kappa shape index (κ3) is 3.19. The van der Waals surface area contributed by atoms with Crippen molar-refractivity contribution in [1.82, 2.24) is 5.32 Å². The summed E-state index contributed by atoms with van der Waals surface area (Å²) in [5.41, 5.74) is 0. The molecule has 1 fully saturated rings. The molecule has 1 saturated heterocycles. The van der Waals surface area contributed by atoms with Gasteiger partial charge in [-0.05, 0) is 31.4 Å². The van der Waals surface area contributed by atoms with Crippen LogP contribution in [-0.2, 0) is 0 Å². The summed E-state index contributed by atoms with van der Waals surface area (Å²) in [6, 6.07) is 0.700. The SMILES string of the molecule is C1CCN=C(NC2CCCSC2)CC1. The Balaban J connectivity index is 1.79. The van der Waals surface area contributed by atoms with E-state index < -0.39 is 0 Å². The maximum Gasteiger partial charge on any atom is 0.0965 e. The van der Waals surface area contributed by atoms with Crippen molar-refractivity contribution in [3.63, 3.8) is 0 Å². The van der Waals surface area contributed by atoms with Crippen LogP contribution in [0, 0.1) is 0 Å². The van der Waals surface area contributed by atoms with Gasteiger partial charge in [-0.25, -0.2) is 0 Å². The van der Waals surface area contributed by atoms with E-state index in [0.29, 0.717) is 6.04 Å². The van der Waals surface area contributed by atoms with Gasteiger partial charge in [0.2, 0.25) is 0 Å². The lowest BCUT2D eigenvalue weighted by Crippen LogP contribution is -2.38. The topological polar surface area (TPSA) is 24.4 Å². The molecule has 0 radical (unpaired) electrons. The monoisotopic (exact) mass is 212 g/mol. The second-order valence-corrected chi connectivity index (χ2v) is 5.35. The van der Waals surface area contributed by atoms with E-state index in [9.17, 15) is 0 Å². The Morgan fingerprint density at radius 3 is 3.07 bits per heavy atom. The fourth-order valence-electron chi connectivity index (χ4n) is 2.08. The van der Waals surface area contributed by atoms with Gasteiger partial charge >= 0.3 is 0 Å². The van der Waals surface area contributed by atoms with Gasteiger partial charge < -0.3 is 5.32 Å². The molecule has 0 aliphatic carbocycles. The average Bonchev–Trinajstić information content (AvgIpc) is 2.48. The molecule has 0 bridgehead atoms. The third-order valence-corrected chi connectivity index (χ3v) is 4.12. The quantitative estimate of drug-likeness (QED) is 0.722. The molecule has 2 heterocycles. The van der Waals surface area contributed by atoms with Crippen molar-refractivity contribution >= 4 is 17.6 Å². The molecule has 0 aromatic rings. The first-order valence-corrected chi connectivity index (χ1v) is 6.98. The fourth-order valence-corrected chi connectivity index (χ4v) is 3.15. The molecule has 0 aromatic carbocycles. The van der Waals surface area contributed by atoms with Gasteiger partial charge in [0, 0.05) is 24.8 Å². The largest absolute Gasteiger partial charge is 0.370 e. The highest BCUT2D eigenvalue weighted by Crippen LogP contribution is 2.17. The van der Waals surface area contributed by atoms with Gasteiger partial charge in [0.15, 0.2) is 0 Å². The molecule has 0 amide bonds. The predicted octanol–water partition coefficient (Wildman–Crippen LogP) is 2.44. The second kappa shape index (κ2) is 5.64. The van der Waals surface area contributed by atoms with Gasteiger partial charge in [0.05, 0.1) is 5.84 Å². The van der Waals surface area contributed by atoms with Crippen LogP contribution in [-0.4, -0.2) is 29.9 Å². The summed E-state index contributed by atoms with van der Waals surface area (Å²) in [5.74, 6) is 3.92. The van der Waals surface area contributed by atoms with Crippen molar-refractivity contribution in [3.8, 4) is 0 Å². The lowest BCUT2D eigenvalue weighted by Gasteiger charge is -2.24. The first-order valence-electron chi connectivity index (χ1n) is 5.83. The Morgan fingerprint density at radius 2 is 2.21 bits per heavy atom. The van der Waals surface area contributed by atoms with Crippen LogP contribution in [0.15, 0.2) is 4.99 Å². The number of nitrogens with zero attached hydrogens (tertiary/aromatic N) is 1. The van der Waals surface area contributed by atoms with Gasteiger partial charge in [0.1, 0.15) is 0 Å². The molecule has 0 saturated carbocycles. The number of amidine groups is 1. The smallest absolute Gasteiger partial charge is 0.0965 e. The molecule has 2 rings (SSSR count). The summed E-state index contributed by atoms with van der Waals surface area (Å²) < 4.78 is 0. The maximum absolute atomic E-state index is 4.61.